The Morgan fingerprint density at radius 1 is 1.10 bits per heavy atom. The summed E-state index contributed by atoms with van der Waals surface area (Å²) < 4.78 is 37.0. The predicted octanol–water partition coefficient (Wildman–Crippen LogP) is 3.40. The van der Waals surface area contributed by atoms with Gasteiger partial charge in [-0.2, -0.15) is 13.2 Å². The predicted molar refractivity (Wildman–Crippen MR) is 66.4 cm³/mol. The normalized spacial score (nSPS) is 11.2. The smallest absolute Gasteiger partial charge is 0.307 e. The number of carbonyl (C=O) groups is 1. The van der Waals surface area contributed by atoms with E-state index in [2.05, 4.69) is 15.3 Å². The van der Waals surface area contributed by atoms with Crippen molar-refractivity contribution in [3.8, 4) is 0 Å². The van der Waals surface area contributed by atoms with Crippen molar-refractivity contribution in [2.24, 2.45) is 0 Å². The van der Waals surface area contributed by atoms with Crippen LogP contribution in [0.2, 0.25) is 5.02 Å². The molecule has 0 radical (unpaired) electrons. The zero-order chi connectivity index (χ0) is 14.8. The van der Waals surface area contributed by atoms with E-state index >= 15 is 0 Å². The van der Waals surface area contributed by atoms with Crippen molar-refractivity contribution in [2.75, 3.05) is 5.32 Å². The number of hydrogen-bond acceptors (Lipinski definition) is 3. The Morgan fingerprint density at radius 2 is 1.85 bits per heavy atom. The van der Waals surface area contributed by atoms with Gasteiger partial charge in [0.05, 0.1) is 10.6 Å². The molecule has 0 aromatic carbocycles. The number of rotatable bonds is 2. The molecule has 1 amide bonds. The van der Waals surface area contributed by atoms with Crippen LogP contribution in [0.4, 0.5) is 19.0 Å². The minimum atomic E-state index is -4.53. The summed E-state index contributed by atoms with van der Waals surface area (Å²) in [4.78, 5) is 18.8. The molecular weight excluding hydrogens is 295 g/mol. The molecule has 2 aromatic rings. The van der Waals surface area contributed by atoms with Crippen molar-refractivity contribution in [2.45, 2.75) is 6.18 Å². The highest BCUT2D eigenvalue weighted by molar-refractivity contribution is 6.30. The minimum absolute atomic E-state index is 0.00486. The van der Waals surface area contributed by atoms with Crippen LogP contribution in [0.3, 0.4) is 0 Å². The molecule has 2 rings (SSSR count). The number of nitrogens with one attached hydrogen (secondary N) is 1. The van der Waals surface area contributed by atoms with Gasteiger partial charge >= 0.3 is 6.18 Å². The number of halogens is 4. The van der Waals surface area contributed by atoms with Crippen LogP contribution in [0.5, 0.6) is 0 Å². The summed E-state index contributed by atoms with van der Waals surface area (Å²) in [6, 6.07) is 4.78. The van der Waals surface area contributed by atoms with Crippen molar-refractivity contribution >= 4 is 23.3 Å². The van der Waals surface area contributed by atoms with E-state index in [1.54, 1.807) is 0 Å². The van der Waals surface area contributed by atoms with Gasteiger partial charge in [-0.15, -0.1) is 0 Å². The van der Waals surface area contributed by atoms with E-state index in [1.165, 1.54) is 18.3 Å². The Bertz CT molecular complexity index is 611. The summed E-state index contributed by atoms with van der Waals surface area (Å²) in [5, 5.41) is 2.82. The highest BCUT2D eigenvalue weighted by Crippen LogP contribution is 2.27. The lowest BCUT2D eigenvalue weighted by Crippen LogP contribution is -2.14. The second-order valence-corrected chi connectivity index (χ2v) is 4.18. The number of amides is 1. The Kier molecular flexibility index (Phi) is 3.89. The van der Waals surface area contributed by atoms with Crippen molar-refractivity contribution in [1.82, 2.24) is 9.97 Å². The maximum Gasteiger partial charge on any atom is 0.433 e. The molecule has 104 valence electrons. The summed E-state index contributed by atoms with van der Waals surface area (Å²) in [6.45, 7) is 0. The third-order valence-corrected chi connectivity index (χ3v) is 2.51. The molecule has 0 fully saturated rings. The average molecular weight is 302 g/mol. The number of alkyl halides is 3. The van der Waals surface area contributed by atoms with Gasteiger partial charge in [0.2, 0.25) is 0 Å². The molecule has 20 heavy (non-hydrogen) atoms. The third-order valence-electron chi connectivity index (χ3n) is 2.29. The zero-order valence-corrected chi connectivity index (χ0v) is 10.5. The van der Waals surface area contributed by atoms with Crippen molar-refractivity contribution in [3.63, 3.8) is 0 Å². The average Bonchev–Trinajstić information content (AvgIpc) is 2.40. The number of anilines is 1. The van der Waals surface area contributed by atoms with Crippen LogP contribution in [-0.2, 0) is 6.18 Å². The summed E-state index contributed by atoms with van der Waals surface area (Å²) in [6.07, 6.45) is -2.34. The molecule has 4 nitrogen and oxygen atoms in total. The van der Waals surface area contributed by atoms with Crippen molar-refractivity contribution in [3.05, 3.63) is 52.9 Å². The van der Waals surface area contributed by atoms with Gasteiger partial charge in [0.1, 0.15) is 11.5 Å². The molecule has 0 spiro atoms. The maximum atomic E-state index is 12.3. The number of pyridine rings is 2. The lowest BCUT2D eigenvalue weighted by Gasteiger charge is -2.07. The van der Waals surface area contributed by atoms with E-state index in [-0.39, 0.29) is 11.4 Å². The molecular formula is C12H7ClF3N3O. The quantitative estimate of drug-likeness (QED) is 0.925. The fourth-order valence-electron chi connectivity index (χ4n) is 1.33. The first-order chi connectivity index (χ1) is 9.36. The first kappa shape index (κ1) is 14.3. The highest BCUT2D eigenvalue weighted by atomic mass is 35.5. The van der Waals surface area contributed by atoms with E-state index < -0.39 is 17.8 Å². The van der Waals surface area contributed by atoms with E-state index in [9.17, 15) is 18.0 Å². The highest BCUT2D eigenvalue weighted by Gasteiger charge is 2.32. The molecule has 0 aliphatic rings. The molecule has 2 heterocycles. The number of hydrogen-bond donors (Lipinski definition) is 1. The molecule has 0 saturated carbocycles. The zero-order valence-electron chi connectivity index (χ0n) is 9.78. The van der Waals surface area contributed by atoms with Crippen molar-refractivity contribution < 1.29 is 18.0 Å². The summed E-state index contributed by atoms with van der Waals surface area (Å²) in [7, 11) is 0. The van der Waals surface area contributed by atoms with Crippen LogP contribution >= 0.6 is 11.6 Å². The molecule has 0 atom stereocenters. The van der Waals surface area contributed by atoms with Gasteiger partial charge in [0.25, 0.3) is 5.91 Å². The summed E-state index contributed by atoms with van der Waals surface area (Å²) in [5.74, 6) is -0.375. The van der Waals surface area contributed by atoms with Gasteiger partial charge in [0, 0.05) is 12.4 Å². The number of carbonyl (C=O) groups excluding carboxylic acids is 1. The van der Waals surface area contributed by atoms with E-state index in [4.69, 9.17) is 11.6 Å². The van der Waals surface area contributed by atoms with E-state index in [0.717, 1.165) is 18.3 Å². The van der Waals surface area contributed by atoms with E-state index in [1.807, 2.05) is 0 Å². The number of nitrogens with zero attached hydrogens (tertiary/aromatic N) is 2. The Balaban J connectivity index is 2.11. The molecule has 0 unspecified atom stereocenters. The molecule has 1 N–H and O–H groups in total. The van der Waals surface area contributed by atoms with Crippen LogP contribution in [0.1, 0.15) is 16.1 Å². The van der Waals surface area contributed by atoms with Gasteiger partial charge in [-0.3, -0.25) is 9.78 Å². The van der Waals surface area contributed by atoms with Crippen LogP contribution in [0.25, 0.3) is 0 Å². The Labute approximate surface area is 116 Å². The third kappa shape index (κ3) is 3.45. The Morgan fingerprint density at radius 3 is 2.35 bits per heavy atom. The molecule has 0 aliphatic heterocycles. The maximum absolute atomic E-state index is 12.3. The molecule has 8 heteroatoms. The van der Waals surface area contributed by atoms with Gasteiger partial charge < -0.3 is 5.32 Å². The monoisotopic (exact) mass is 301 g/mol. The summed E-state index contributed by atoms with van der Waals surface area (Å²) in [5.41, 5.74) is -1.06. The second-order valence-electron chi connectivity index (χ2n) is 3.75. The largest absolute Gasteiger partial charge is 0.433 e. The van der Waals surface area contributed by atoms with Crippen LogP contribution in [-0.4, -0.2) is 15.9 Å². The van der Waals surface area contributed by atoms with E-state index in [0.29, 0.717) is 5.02 Å². The topological polar surface area (TPSA) is 54.9 Å². The molecule has 0 saturated heterocycles. The van der Waals surface area contributed by atoms with Gasteiger partial charge in [-0.1, -0.05) is 11.6 Å². The van der Waals surface area contributed by atoms with Crippen LogP contribution < -0.4 is 5.32 Å². The Hall–Kier alpha value is -2.15. The SMILES string of the molecule is O=C(Nc1ccc(Cl)cn1)c1ccc(C(F)(F)F)nc1. The van der Waals surface area contributed by atoms with Gasteiger partial charge in [0.15, 0.2) is 0 Å². The fourth-order valence-corrected chi connectivity index (χ4v) is 1.45. The second kappa shape index (κ2) is 5.46. The fraction of sp³-hybridized carbons (Fsp3) is 0.0833. The minimum Gasteiger partial charge on any atom is -0.307 e. The van der Waals surface area contributed by atoms with Crippen LogP contribution in [0, 0.1) is 0 Å². The first-order valence-corrected chi connectivity index (χ1v) is 5.70. The number of aromatic nitrogens is 2. The lowest BCUT2D eigenvalue weighted by molar-refractivity contribution is -0.141. The first-order valence-electron chi connectivity index (χ1n) is 5.32. The van der Waals surface area contributed by atoms with Crippen molar-refractivity contribution in [1.29, 1.82) is 0 Å². The molecule has 0 aliphatic carbocycles. The lowest BCUT2D eigenvalue weighted by atomic mass is 10.2. The molecule has 0 bridgehead atoms. The van der Waals surface area contributed by atoms with Gasteiger partial charge in [-0.05, 0) is 24.3 Å². The van der Waals surface area contributed by atoms with Crippen LogP contribution in [0.15, 0.2) is 36.7 Å². The summed E-state index contributed by atoms with van der Waals surface area (Å²) >= 11 is 5.63. The molecule has 2 aromatic heterocycles. The standard InChI is InChI=1S/C12H7ClF3N3O/c13-8-2-4-10(18-6-8)19-11(20)7-1-3-9(17-5-7)12(14,15)16/h1-6H,(H,18,19,20). The van der Waals surface area contributed by atoms with Gasteiger partial charge in [-0.25, -0.2) is 4.98 Å².